The van der Waals surface area contributed by atoms with Crippen LogP contribution >= 0.6 is 15.9 Å². The van der Waals surface area contributed by atoms with Gasteiger partial charge in [0.15, 0.2) is 0 Å². The van der Waals surface area contributed by atoms with Crippen molar-refractivity contribution in [3.63, 3.8) is 0 Å². The van der Waals surface area contributed by atoms with E-state index in [2.05, 4.69) is 33.2 Å². The Hall–Kier alpha value is -1.68. The Bertz CT molecular complexity index is 569. The molecule has 0 saturated carbocycles. The number of nitrogens with one attached hydrogen (secondary N) is 1. The van der Waals surface area contributed by atoms with Crippen LogP contribution in [0.3, 0.4) is 0 Å². The van der Waals surface area contributed by atoms with Crippen molar-refractivity contribution < 1.29 is 4.79 Å². The van der Waals surface area contributed by atoms with Crippen LogP contribution in [0.4, 0.5) is 5.69 Å². The van der Waals surface area contributed by atoms with E-state index in [9.17, 15) is 4.79 Å². The van der Waals surface area contributed by atoms with Crippen LogP contribution in [0.25, 0.3) is 0 Å². The van der Waals surface area contributed by atoms with Crippen LogP contribution in [0.2, 0.25) is 0 Å². The smallest absolute Gasteiger partial charge is 0.275 e. The van der Waals surface area contributed by atoms with Gasteiger partial charge in [0, 0.05) is 16.4 Å². The number of aryl methyl sites for hydroxylation is 1. The highest BCUT2D eigenvalue weighted by Gasteiger charge is 2.11. The second-order valence-electron chi connectivity index (χ2n) is 3.84. The van der Waals surface area contributed by atoms with E-state index in [1.54, 1.807) is 18.3 Å². The summed E-state index contributed by atoms with van der Waals surface area (Å²) in [6.45, 7) is 2.08. The van der Waals surface area contributed by atoms with Crippen LogP contribution in [-0.2, 0) is 6.42 Å². The van der Waals surface area contributed by atoms with Crippen LogP contribution in [-0.4, -0.2) is 10.9 Å². The number of rotatable bonds is 3. The van der Waals surface area contributed by atoms with E-state index in [1.807, 2.05) is 24.3 Å². The molecule has 4 heteroatoms. The van der Waals surface area contributed by atoms with Crippen molar-refractivity contribution >= 4 is 27.5 Å². The Morgan fingerprint density at radius 3 is 2.89 bits per heavy atom. The SMILES string of the molecule is CCc1cccc(NC(=O)c2ncccc2Br)c1. The summed E-state index contributed by atoms with van der Waals surface area (Å²) in [5.74, 6) is -0.212. The third-order valence-electron chi connectivity index (χ3n) is 2.57. The molecular formula is C14H13BrN2O. The van der Waals surface area contributed by atoms with Gasteiger partial charge < -0.3 is 5.32 Å². The number of aromatic nitrogens is 1. The first kappa shape index (κ1) is 12.8. The third kappa shape index (κ3) is 2.96. The van der Waals surface area contributed by atoms with Gasteiger partial charge in [0.1, 0.15) is 5.69 Å². The fourth-order valence-corrected chi connectivity index (χ4v) is 2.05. The minimum absolute atomic E-state index is 0.212. The number of hydrogen-bond donors (Lipinski definition) is 1. The highest BCUT2D eigenvalue weighted by atomic mass is 79.9. The summed E-state index contributed by atoms with van der Waals surface area (Å²) >= 11 is 3.32. The second kappa shape index (κ2) is 5.78. The quantitative estimate of drug-likeness (QED) is 0.940. The fourth-order valence-electron chi connectivity index (χ4n) is 1.61. The van der Waals surface area contributed by atoms with E-state index in [0.717, 1.165) is 12.1 Å². The summed E-state index contributed by atoms with van der Waals surface area (Å²) in [6.07, 6.45) is 2.54. The van der Waals surface area contributed by atoms with Gasteiger partial charge >= 0.3 is 0 Å². The van der Waals surface area contributed by atoms with Crippen molar-refractivity contribution in [2.45, 2.75) is 13.3 Å². The first-order valence-electron chi connectivity index (χ1n) is 5.71. The van der Waals surface area contributed by atoms with Gasteiger partial charge in [0.05, 0.1) is 0 Å². The van der Waals surface area contributed by atoms with Gasteiger partial charge in [-0.3, -0.25) is 4.79 Å². The summed E-state index contributed by atoms with van der Waals surface area (Å²) in [5, 5.41) is 2.84. The van der Waals surface area contributed by atoms with Crippen LogP contribution in [0.15, 0.2) is 47.1 Å². The van der Waals surface area contributed by atoms with E-state index >= 15 is 0 Å². The van der Waals surface area contributed by atoms with Crippen LogP contribution in [0.1, 0.15) is 23.0 Å². The van der Waals surface area contributed by atoms with E-state index < -0.39 is 0 Å². The average molecular weight is 305 g/mol. The monoisotopic (exact) mass is 304 g/mol. The molecule has 3 nitrogen and oxygen atoms in total. The molecule has 0 aliphatic carbocycles. The summed E-state index contributed by atoms with van der Waals surface area (Å²) in [6, 6.07) is 11.4. The van der Waals surface area contributed by atoms with Crippen LogP contribution < -0.4 is 5.32 Å². The summed E-state index contributed by atoms with van der Waals surface area (Å²) in [4.78, 5) is 16.1. The minimum atomic E-state index is -0.212. The molecule has 2 rings (SSSR count). The van der Waals surface area contributed by atoms with E-state index in [0.29, 0.717) is 10.2 Å². The Morgan fingerprint density at radius 1 is 1.33 bits per heavy atom. The van der Waals surface area contributed by atoms with E-state index in [1.165, 1.54) is 5.56 Å². The van der Waals surface area contributed by atoms with Gasteiger partial charge in [0.2, 0.25) is 0 Å². The highest BCUT2D eigenvalue weighted by molar-refractivity contribution is 9.10. The zero-order chi connectivity index (χ0) is 13.0. The zero-order valence-corrected chi connectivity index (χ0v) is 11.6. The van der Waals surface area contributed by atoms with Gasteiger partial charge in [-0.1, -0.05) is 19.1 Å². The van der Waals surface area contributed by atoms with Gasteiger partial charge in [0.25, 0.3) is 5.91 Å². The maximum Gasteiger partial charge on any atom is 0.275 e. The number of carbonyl (C=O) groups excluding carboxylic acids is 1. The largest absolute Gasteiger partial charge is 0.321 e. The molecule has 1 aromatic heterocycles. The predicted octanol–water partition coefficient (Wildman–Crippen LogP) is 3.66. The number of nitrogens with zero attached hydrogens (tertiary/aromatic N) is 1. The van der Waals surface area contributed by atoms with E-state index in [4.69, 9.17) is 0 Å². The molecular weight excluding hydrogens is 292 g/mol. The summed E-state index contributed by atoms with van der Waals surface area (Å²) in [5.41, 5.74) is 2.36. The normalized spacial score (nSPS) is 10.1. The molecule has 92 valence electrons. The molecule has 2 aromatic rings. The highest BCUT2D eigenvalue weighted by Crippen LogP contribution is 2.16. The van der Waals surface area contributed by atoms with Crippen molar-refractivity contribution in [1.29, 1.82) is 0 Å². The Morgan fingerprint density at radius 2 is 2.17 bits per heavy atom. The van der Waals surface area contributed by atoms with Gasteiger partial charge in [-0.2, -0.15) is 0 Å². The Kier molecular flexibility index (Phi) is 4.10. The average Bonchev–Trinajstić information content (AvgIpc) is 2.39. The zero-order valence-electron chi connectivity index (χ0n) is 9.98. The molecule has 0 aliphatic heterocycles. The number of halogens is 1. The van der Waals surface area contributed by atoms with Crippen molar-refractivity contribution in [3.8, 4) is 0 Å². The minimum Gasteiger partial charge on any atom is -0.321 e. The van der Waals surface area contributed by atoms with Crippen molar-refractivity contribution in [2.24, 2.45) is 0 Å². The molecule has 1 N–H and O–H groups in total. The number of amides is 1. The number of anilines is 1. The Labute approximate surface area is 114 Å². The molecule has 0 spiro atoms. The molecule has 0 saturated heterocycles. The summed E-state index contributed by atoms with van der Waals surface area (Å²) < 4.78 is 0.689. The summed E-state index contributed by atoms with van der Waals surface area (Å²) in [7, 11) is 0. The second-order valence-corrected chi connectivity index (χ2v) is 4.70. The van der Waals surface area contributed by atoms with Crippen molar-refractivity contribution in [1.82, 2.24) is 4.98 Å². The molecule has 0 radical (unpaired) electrons. The van der Waals surface area contributed by atoms with E-state index in [-0.39, 0.29) is 5.91 Å². The van der Waals surface area contributed by atoms with Crippen LogP contribution in [0.5, 0.6) is 0 Å². The fraction of sp³-hybridized carbons (Fsp3) is 0.143. The standard InChI is InChI=1S/C14H13BrN2O/c1-2-10-5-3-6-11(9-10)17-14(18)13-12(15)7-4-8-16-13/h3-9H,2H2,1H3,(H,17,18). The molecule has 0 fully saturated rings. The van der Waals surface area contributed by atoms with Crippen LogP contribution in [0, 0.1) is 0 Å². The number of benzene rings is 1. The first-order chi connectivity index (χ1) is 8.70. The maximum atomic E-state index is 12.0. The number of carbonyl (C=O) groups is 1. The molecule has 1 amide bonds. The van der Waals surface area contributed by atoms with Gasteiger partial charge in [-0.25, -0.2) is 4.98 Å². The lowest BCUT2D eigenvalue weighted by Gasteiger charge is -2.07. The molecule has 0 aliphatic rings. The third-order valence-corrected chi connectivity index (χ3v) is 3.21. The Balaban J connectivity index is 2.19. The predicted molar refractivity (Wildman–Crippen MR) is 75.7 cm³/mol. The molecule has 0 bridgehead atoms. The van der Waals surface area contributed by atoms with Crippen molar-refractivity contribution in [3.05, 3.63) is 58.3 Å². The lowest BCUT2D eigenvalue weighted by molar-refractivity contribution is 0.102. The first-order valence-corrected chi connectivity index (χ1v) is 6.51. The number of hydrogen-bond acceptors (Lipinski definition) is 2. The lowest BCUT2D eigenvalue weighted by atomic mass is 10.1. The molecule has 1 aromatic carbocycles. The molecule has 18 heavy (non-hydrogen) atoms. The van der Waals surface area contributed by atoms with Crippen molar-refractivity contribution in [2.75, 3.05) is 5.32 Å². The van der Waals surface area contributed by atoms with Gasteiger partial charge in [-0.05, 0) is 52.2 Å². The van der Waals surface area contributed by atoms with Gasteiger partial charge in [-0.15, -0.1) is 0 Å². The topological polar surface area (TPSA) is 42.0 Å². The molecule has 0 unspecified atom stereocenters. The molecule has 1 heterocycles. The maximum absolute atomic E-state index is 12.0. The lowest BCUT2D eigenvalue weighted by Crippen LogP contribution is -2.14. The molecule has 0 atom stereocenters. The number of pyridine rings is 1.